The molecule has 0 aliphatic carbocycles. The summed E-state index contributed by atoms with van der Waals surface area (Å²) in [5.74, 6) is 0. The van der Waals surface area contributed by atoms with Crippen LogP contribution in [0.4, 0.5) is 0 Å². The van der Waals surface area contributed by atoms with Gasteiger partial charge in [0.1, 0.15) is 6.61 Å². The predicted molar refractivity (Wildman–Crippen MR) is 51.6 cm³/mol. The summed E-state index contributed by atoms with van der Waals surface area (Å²) < 4.78 is 15.2. The van der Waals surface area contributed by atoms with Crippen LogP contribution in [0.1, 0.15) is 0 Å². The van der Waals surface area contributed by atoms with Crippen molar-refractivity contribution in [1.82, 2.24) is 0 Å². The van der Waals surface area contributed by atoms with E-state index in [2.05, 4.69) is 22.5 Å². The van der Waals surface area contributed by atoms with Gasteiger partial charge in [-0.1, -0.05) is 22.5 Å². The maximum Gasteiger partial charge on any atom is 0.111 e. The molecule has 0 fully saturated rings. The highest BCUT2D eigenvalue weighted by Crippen LogP contribution is 1.83. The molecule has 0 aliphatic heterocycles. The first kappa shape index (κ1) is 11.9. The molecule has 72 valence electrons. The SMILES string of the molecule is C=COCCOCCOCCBr. The molecule has 0 aliphatic rings. The van der Waals surface area contributed by atoms with Gasteiger partial charge in [-0.05, 0) is 0 Å². The second-order valence-electron chi connectivity index (χ2n) is 1.95. The van der Waals surface area contributed by atoms with Crippen molar-refractivity contribution in [2.24, 2.45) is 0 Å². The van der Waals surface area contributed by atoms with Crippen molar-refractivity contribution in [1.29, 1.82) is 0 Å². The Morgan fingerprint density at radius 1 is 1.00 bits per heavy atom. The Morgan fingerprint density at radius 3 is 2.17 bits per heavy atom. The van der Waals surface area contributed by atoms with Gasteiger partial charge in [0.15, 0.2) is 0 Å². The molecule has 0 radical (unpaired) electrons. The molecular weight excluding hydrogens is 224 g/mol. The van der Waals surface area contributed by atoms with Gasteiger partial charge in [-0.3, -0.25) is 0 Å². The van der Waals surface area contributed by atoms with Gasteiger partial charge >= 0.3 is 0 Å². The quantitative estimate of drug-likeness (QED) is 0.347. The minimum absolute atomic E-state index is 0.557. The molecule has 0 aromatic rings. The third-order valence-corrected chi connectivity index (χ3v) is 1.38. The molecule has 0 aromatic heterocycles. The van der Waals surface area contributed by atoms with Crippen LogP contribution in [0.15, 0.2) is 12.8 Å². The zero-order chi connectivity index (χ0) is 9.07. The zero-order valence-electron chi connectivity index (χ0n) is 7.13. The second kappa shape index (κ2) is 10.9. The summed E-state index contributed by atoms with van der Waals surface area (Å²) in [5, 5.41) is 0.868. The van der Waals surface area contributed by atoms with E-state index in [4.69, 9.17) is 14.2 Å². The minimum atomic E-state index is 0.557. The lowest BCUT2D eigenvalue weighted by Gasteiger charge is -2.03. The van der Waals surface area contributed by atoms with Crippen LogP contribution in [0.5, 0.6) is 0 Å². The molecule has 0 saturated carbocycles. The monoisotopic (exact) mass is 238 g/mol. The number of hydrogen-bond donors (Lipinski definition) is 0. The van der Waals surface area contributed by atoms with E-state index in [0.29, 0.717) is 26.4 Å². The Labute approximate surface area is 81.8 Å². The Morgan fingerprint density at radius 2 is 1.58 bits per heavy atom. The lowest BCUT2D eigenvalue weighted by Crippen LogP contribution is -2.08. The third kappa shape index (κ3) is 9.94. The van der Waals surface area contributed by atoms with Crippen LogP contribution in [0, 0.1) is 0 Å². The summed E-state index contributed by atoms with van der Waals surface area (Å²) in [6, 6.07) is 0. The van der Waals surface area contributed by atoms with Gasteiger partial charge in [0.25, 0.3) is 0 Å². The van der Waals surface area contributed by atoms with Crippen molar-refractivity contribution in [3.05, 3.63) is 12.8 Å². The number of hydrogen-bond acceptors (Lipinski definition) is 3. The van der Waals surface area contributed by atoms with Crippen LogP contribution in [0.3, 0.4) is 0 Å². The van der Waals surface area contributed by atoms with E-state index < -0.39 is 0 Å². The average molecular weight is 239 g/mol. The number of rotatable bonds is 9. The fraction of sp³-hybridized carbons (Fsp3) is 0.750. The number of alkyl halides is 1. The number of halogens is 1. The Bertz CT molecular complexity index is 98.3. The highest BCUT2D eigenvalue weighted by Gasteiger charge is 1.88. The summed E-state index contributed by atoms with van der Waals surface area (Å²) >= 11 is 3.26. The zero-order valence-corrected chi connectivity index (χ0v) is 8.72. The fourth-order valence-electron chi connectivity index (χ4n) is 0.567. The first-order valence-corrected chi connectivity index (χ1v) is 4.98. The van der Waals surface area contributed by atoms with E-state index >= 15 is 0 Å². The van der Waals surface area contributed by atoms with E-state index in [1.807, 2.05) is 0 Å². The molecule has 4 heteroatoms. The summed E-state index contributed by atoms with van der Waals surface area (Å²) in [5.41, 5.74) is 0. The van der Waals surface area contributed by atoms with E-state index in [-0.39, 0.29) is 0 Å². The van der Waals surface area contributed by atoms with Gasteiger partial charge in [-0.2, -0.15) is 0 Å². The van der Waals surface area contributed by atoms with Crippen molar-refractivity contribution >= 4 is 15.9 Å². The van der Waals surface area contributed by atoms with Crippen LogP contribution in [-0.2, 0) is 14.2 Å². The first-order valence-electron chi connectivity index (χ1n) is 3.85. The van der Waals surface area contributed by atoms with Gasteiger partial charge in [0.05, 0.1) is 32.7 Å². The van der Waals surface area contributed by atoms with Gasteiger partial charge in [0, 0.05) is 5.33 Å². The topological polar surface area (TPSA) is 27.7 Å². The summed E-state index contributed by atoms with van der Waals surface area (Å²) in [6.45, 7) is 6.54. The standard InChI is InChI=1S/C8H15BrO3/c1-2-10-5-6-12-8-7-11-4-3-9/h2H,1,3-8H2. The minimum Gasteiger partial charge on any atom is -0.499 e. The van der Waals surface area contributed by atoms with Crippen molar-refractivity contribution < 1.29 is 14.2 Å². The summed E-state index contributed by atoms with van der Waals surface area (Å²) in [7, 11) is 0. The molecule has 0 amide bonds. The molecule has 0 N–H and O–H groups in total. The molecule has 0 saturated heterocycles. The van der Waals surface area contributed by atoms with Crippen LogP contribution in [-0.4, -0.2) is 38.4 Å². The van der Waals surface area contributed by atoms with Crippen LogP contribution < -0.4 is 0 Å². The van der Waals surface area contributed by atoms with Gasteiger partial charge in [-0.25, -0.2) is 0 Å². The summed E-state index contributed by atoms with van der Waals surface area (Å²) in [4.78, 5) is 0. The van der Waals surface area contributed by atoms with E-state index in [1.165, 1.54) is 6.26 Å². The van der Waals surface area contributed by atoms with Crippen molar-refractivity contribution in [3.63, 3.8) is 0 Å². The Balaban J connectivity index is 2.77. The maximum atomic E-state index is 5.17. The first-order chi connectivity index (χ1) is 5.91. The van der Waals surface area contributed by atoms with Crippen molar-refractivity contribution in [2.45, 2.75) is 0 Å². The molecule has 0 spiro atoms. The summed E-state index contributed by atoms with van der Waals surface area (Å²) in [6.07, 6.45) is 1.41. The lowest BCUT2D eigenvalue weighted by molar-refractivity contribution is 0.0352. The molecular formula is C8H15BrO3. The molecule has 12 heavy (non-hydrogen) atoms. The van der Waals surface area contributed by atoms with E-state index in [0.717, 1.165) is 11.9 Å². The predicted octanol–water partition coefficient (Wildman–Crippen LogP) is 1.57. The molecule has 0 atom stereocenters. The van der Waals surface area contributed by atoms with Gasteiger partial charge in [-0.15, -0.1) is 0 Å². The van der Waals surface area contributed by atoms with Crippen molar-refractivity contribution in [3.8, 4) is 0 Å². The molecule has 3 nitrogen and oxygen atoms in total. The van der Waals surface area contributed by atoms with Crippen molar-refractivity contribution in [2.75, 3.05) is 38.4 Å². The second-order valence-corrected chi connectivity index (χ2v) is 2.74. The van der Waals surface area contributed by atoms with Crippen LogP contribution >= 0.6 is 15.9 Å². The van der Waals surface area contributed by atoms with Gasteiger partial charge < -0.3 is 14.2 Å². The van der Waals surface area contributed by atoms with Crippen LogP contribution in [0.2, 0.25) is 0 Å². The third-order valence-electron chi connectivity index (χ3n) is 1.06. The Hall–Kier alpha value is -0.0600. The molecule has 0 heterocycles. The fourth-order valence-corrected chi connectivity index (χ4v) is 0.796. The normalized spacial score (nSPS) is 9.75. The maximum absolute atomic E-state index is 5.17. The lowest BCUT2D eigenvalue weighted by atomic mass is 10.7. The molecule has 0 unspecified atom stereocenters. The average Bonchev–Trinajstić information content (AvgIpc) is 2.10. The smallest absolute Gasteiger partial charge is 0.111 e. The number of ether oxygens (including phenoxy) is 3. The van der Waals surface area contributed by atoms with E-state index in [1.54, 1.807) is 0 Å². The molecule has 0 aromatic carbocycles. The highest BCUT2D eigenvalue weighted by atomic mass is 79.9. The highest BCUT2D eigenvalue weighted by molar-refractivity contribution is 9.09. The van der Waals surface area contributed by atoms with E-state index in [9.17, 15) is 0 Å². The Kier molecular flexibility index (Phi) is 10.9. The molecule has 0 rings (SSSR count). The van der Waals surface area contributed by atoms with Gasteiger partial charge in [0.2, 0.25) is 0 Å². The molecule has 0 bridgehead atoms. The largest absolute Gasteiger partial charge is 0.499 e. The van der Waals surface area contributed by atoms with Crippen LogP contribution in [0.25, 0.3) is 0 Å².